The van der Waals surface area contributed by atoms with Crippen LogP contribution in [0.4, 0.5) is 5.82 Å². The summed E-state index contributed by atoms with van der Waals surface area (Å²) in [5.74, 6) is -0.504. The second-order valence-corrected chi connectivity index (χ2v) is 10.3. The molecule has 1 aromatic heterocycles. The van der Waals surface area contributed by atoms with Gasteiger partial charge in [0.25, 0.3) is 0 Å². The summed E-state index contributed by atoms with van der Waals surface area (Å²) in [6.07, 6.45) is 9.07. The smallest absolute Gasteiger partial charge is 0.303 e. The molecular weight excluding hydrogens is 518 g/mol. The average molecular weight is 566 g/mol. The van der Waals surface area contributed by atoms with E-state index in [0.717, 1.165) is 44.9 Å². The highest BCUT2D eigenvalue weighted by Gasteiger charge is 2.30. The number of likely N-dealkylation sites (N-methyl/N-ethyl adjacent to an activating group) is 1. The van der Waals surface area contributed by atoms with Crippen LogP contribution in [0.5, 0.6) is 0 Å². The number of amides is 2. The first-order chi connectivity index (χ1) is 19.2. The molecule has 0 saturated carbocycles. The number of carbonyl (C=O) groups is 3. The zero-order valence-electron chi connectivity index (χ0n) is 23.9. The van der Waals surface area contributed by atoms with E-state index in [0.29, 0.717) is 50.4 Å². The maximum atomic E-state index is 12.4. The highest BCUT2D eigenvalue weighted by Crippen LogP contribution is 2.32. The van der Waals surface area contributed by atoms with Crippen molar-refractivity contribution >= 4 is 29.4 Å². The Morgan fingerprint density at radius 2 is 1.80 bits per heavy atom. The number of unbranched alkanes of at least 4 members (excludes halogenated alkanes) is 4. The van der Waals surface area contributed by atoms with Crippen LogP contribution in [0.3, 0.4) is 0 Å². The lowest BCUT2D eigenvalue weighted by Gasteiger charge is -2.22. The summed E-state index contributed by atoms with van der Waals surface area (Å²) in [7, 11) is 3.70. The van der Waals surface area contributed by atoms with Crippen molar-refractivity contribution in [1.29, 1.82) is 5.41 Å². The third-order valence-electron chi connectivity index (χ3n) is 6.84. The summed E-state index contributed by atoms with van der Waals surface area (Å²) in [6.45, 7) is 2.12. The SMILES string of the molecule is CNc1c(C(=N)NC(=O)CCCCCNC(=O)CCCCCO)ncn1[C@H]1CC[C@@H](CN(C)CCCC(=O)O)O1. The molecule has 0 spiro atoms. The van der Waals surface area contributed by atoms with E-state index in [4.69, 9.17) is 20.4 Å². The minimum Gasteiger partial charge on any atom is -0.481 e. The van der Waals surface area contributed by atoms with Gasteiger partial charge in [0.1, 0.15) is 17.7 Å². The summed E-state index contributed by atoms with van der Waals surface area (Å²) in [4.78, 5) is 41.3. The molecule has 0 aliphatic carbocycles. The molecule has 0 unspecified atom stereocenters. The summed E-state index contributed by atoms with van der Waals surface area (Å²) in [5, 5.41) is 34.6. The number of rotatable bonds is 20. The van der Waals surface area contributed by atoms with Crippen LogP contribution in [0, 0.1) is 5.41 Å². The molecule has 6 N–H and O–H groups in total. The first kappa shape index (κ1) is 33.2. The first-order valence-electron chi connectivity index (χ1n) is 14.3. The lowest BCUT2D eigenvalue weighted by molar-refractivity contribution is -0.137. The number of carboxylic acid groups (broad SMARTS) is 1. The zero-order valence-corrected chi connectivity index (χ0v) is 23.9. The molecule has 1 saturated heterocycles. The molecule has 1 aromatic rings. The predicted octanol–water partition coefficient (Wildman–Crippen LogP) is 2.07. The second-order valence-electron chi connectivity index (χ2n) is 10.3. The Hall–Kier alpha value is -3.03. The third-order valence-corrected chi connectivity index (χ3v) is 6.84. The Bertz CT molecular complexity index is 954. The minimum absolute atomic E-state index is 0.0136. The first-order valence-corrected chi connectivity index (χ1v) is 14.3. The fourth-order valence-electron chi connectivity index (χ4n) is 4.71. The minimum atomic E-state index is -0.789. The number of hydrogen-bond acceptors (Lipinski definition) is 9. The number of nitrogens with one attached hydrogen (secondary N) is 4. The number of aromatic nitrogens is 2. The quantitative estimate of drug-likeness (QED) is 0.0783. The van der Waals surface area contributed by atoms with Gasteiger partial charge in [-0.3, -0.25) is 24.4 Å². The maximum Gasteiger partial charge on any atom is 0.303 e. The van der Waals surface area contributed by atoms with E-state index in [9.17, 15) is 14.4 Å². The van der Waals surface area contributed by atoms with Crippen molar-refractivity contribution in [2.45, 2.75) is 89.4 Å². The summed E-state index contributed by atoms with van der Waals surface area (Å²) in [5.41, 5.74) is 0.343. The lowest BCUT2D eigenvalue weighted by Crippen LogP contribution is -2.31. The number of carbonyl (C=O) groups excluding carboxylic acids is 2. The molecule has 2 amide bonds. The number of aliphatic carboxylic acids is 1. The number of hydrogen-bond donors (Lipinski definition) is 6. The van der Waals surface area contributed by atoms with E-state index < -0.39 is 5.97 Å². The van der Waals surface area contributed by atoms with E-state index >= 15 is 0 Å². The van der Waals surface area contributed by atoms with Gasteiger partial charge in [-0.25, -0.2) is 4.98 Å². The van der Waals surface area contributed by atoms with Gasteiger partial charge in [-0.1, -0.05) is 12.8 Å². The molecule has 226 valence electrons. The predicted molar refractivity (Wildman–Crippen MR) is 151 cm³/mol. The molecule has 2 heterocycles. The number of imidazole rings is 1. The standard InChI is InChI=1S/C27H47N7O6/c1-29-27-25(26(28)32-22(37)11-5-3-7-15-30-21(36)10-6-4-8-17-35)31-19-34(27)23-14-13-20(40-23)18-33(2)16-9-12-24(38)39/h19-20,23,29,35H,3-18H2,1-2H3,(H,30,36)(H,38,39)(H2,28,32,37)/t20-,23+/m0/s1. The van der Waals surface area contributed by atoms with Crippen molar-refractivity contribution in [2.24, 2.45) is 0 Å². The van der Waals surface area contributed by atoms with Gasteiger partial charge >= 0.3 is 5.97 Å². The molecule has 1 aliphatic heterocycles. The van der Waals surface area contributed by atoms with Gasteiger partial charge in [0.2, 0.25) is 11.8 Å². The summed E-state index contributed by atoms with van der Waals surface area (Å²) in [6, 6.07) is 0. The van der Waals surface area contributed by atoms with E-state index in [-0.39, 0.29) is 49.4 Å². The highest BCUT2D eigenvalue weighted by molar-refractivity contribution is 6.07. The molecule has 0 radical (unpaired) electrons. The normalized spacial score (nSPS) is 16.7. The van der Waals surface area contributed by atoms with Gasteiger partial charge in [0.05, 0.1) is 12.4 Å². The fourth-order valence-corrected chi connectivity index (χ4v) is 4.71. The van der Waals surface area contributed by atoms with E-state index in [1.165, 1.54) is 0 Å². The Labute approximate surface area is 236 Å². The second kappa shape index (κ2) is 18.3. The van der Waals surface area contributed by atoms with Gasteiger partial charge in [-0.05, 0) is 58.5 Å². The molecule has 1 fully saturated rings. The van der Waals surface area contributed by atoms with Crippen molar-refractivity contribution in [3.8, 4) is 0 Å². The van der Waals surface area contributed by atoms with Crippen molar-refractivity contribution in [3.63, 3.8) is 0 Å². The zero-order chi connectivity index (χ0) is 29.3. The lowest BCUT2D eigenvalue weighted by atomic mass is 10.1. The molecule has 2 rings (SSSR count). The van der Waals surface area contributed by atoms with Gasteiger partial charge in [-0.2, -0.15) is 0 Å². The van der Waals surface area contributed by atoms with E-state index in [2.05, 4.69) is 25.8 Å². The van der Waals surface area contributed by atoms with Crippen LogP contribution < -0.4 is 16.0 Å². The van der Waals surface area contributed by atoms with Crippen LogP contribution in [-0.2, 0) is 19.1 Å². The molecule has 13 nitrogen and oxygen atoms in total. The maximum absolute atomic E-state index is 12.4. The van der Waals surface area contributed by atoms with Gasteiger partial charge in [0.15, 0.2) is 5.84 Å². The van der Waals surface area contributed by atoms with E-state index in [1.807, 2.05) is 11.6 Å². The van der Waals surface area contributed by atoms with Crippen LogP contribution in [0.15, 0.2) is 6.33 Å². The van der Waals surface area contributed by atoms with Gasteiger partial charge < -0.3 is 35.8 Å². The number of ether oxygens (including phenoxy) is 1. The number of carboxylic acids is 1. The van der Waals surface area contributed by atoms with Crippen LogP contribution >= 0.6 is 0 Å². The number of nitrogens with zero attached hydrogens (tertiary/aromatic N) is 3. The number of aliphatic hydroxyl groups is 1. The van der Waals surface area contributed by atoms with Crippen molar-refractivity contribution in [2.75, 3.05) is 45.7 Å². The Morgan fingerprint density at radius 3 is 2.50 bits per heavy atom. The fraction of sp³-hybridized carbons (Fsp3) is 0.741. The molecule has 1 aliphatic rings. The van der Waals surface area contributed by atoms with E-state index in [1.54, 1.807) is 13.4 Å². The Balaban J connectivity index is 1.71. The molecule has 0 aromatic carbocycles. The molecule has 0 bridgehead atoms. The van der Waals surface area contributed by atoms with Gasteiger partial charge in [0, 0.05) is 46.0 Å². The van der Waals surface area contributed by atoms with Crippen LogP contribution in [0.1, 0.15) is 89.0 Å². The third kappa shape index (κ3) is 12.0. The average Bonchev–Trinajstić information content (AvgIpc) is 3.55. The summed E-state index contributed by atoms with van der Waals surface area (Å²) >= 11 is 0. The van der Waals surface area contributed by atoms with Crippen LogP contribution in [-0.4, -0.2) is 94.7 Å². The Kier molecular flexibility index (Phi) is 15.2. The summed E-state index contributed by atoms with van der Waals surface area (Å²) < 4.78 is 8.07. The van der Waals surface area contributed by atoms with Crippen molar-refractivity contribution in [3.05, 3.63) is 12.0 Å². The van der Waals surface area contributed by atoms with Crippen molar-refractivity contribution < 1.29 is 29.3 Å². The molecule has 40 heavy (non-hydrogen) atoms. The largest absolute Gasteiger partial charge is 0.481 e. The Morgan fingerprint density at radius 1 is 1.07 bits per heavy atom. The van der Waals surface area contributed by atoms with Crippen LogP contribution in [0.25, 0.3) is 0 Å². The number of amidine groups is 1. The van der Waals surface area contributed by atoms with Crippen LogP contribution in [0.2, 0.25) is 0 Å². The molecule has 13 heteroatoms. The topological polar surface area (TPSA) is 182 Å². The molecule has 2 atom stereocenters. The number of anilines is 1. The molecular formula is C27H47N7O6. The highest BCUT2D eigenvalue weighted by atomic mass is 16.5. The number of aliphatic hydroxyl groups excluding tert-OH is 1. The van der Waals surface area contributed by atoms with Gasteiger partial charge in [-0.15, -0.1) is 0 Å². The van der Waals surface area contributed by atoms with Crippen molar-refractivity contribution in [1.82, 2.24) is 25.1 Å². The monoisotopic (exact) mass is 565 g/mol.